The lowest BCUT2D eigenvalue weighted by molar-refractivity contribution is -0.144. The number of ether oxygens (including phenoxy) is 1. The molecule has 0 spiro atoms. The summed E-state index contributed by atoms with van der Waals surface area (Å²) in [5, 5.41) is 3.33. The first-order valence-corrected chi connectivity index (χ1v) is 11.7. The predicted molar refractivity (Wildman–Crippen MR) is 126 cm³/mol. The lowest BCUT2D eigenvalue weighted by Gasteiger charge is -2.37. The summed E-state index contributed by atoms with van der Waals surface area (Å²) in [6.45, 7) is 9.31. The third kappa shape index (κ3) is 5.09. The number of hydrogen-bond acceptors (Lipinski definition) is 6. The number of imidazole rings is 1. The van der Waals surface area contributed by atoms with E-state index in [1.165, 1.54) is 12.3 Å². The van der Waals surface area contributed by atoms with E-state index >= 15 is 0 Å². The molecule has 1 aliphatic rings. The Morgan fingerprint density at radius 3 is 2.46 bits per heavy atom. The average Bonchev–Trinajstić information content (AvgIpc) is 3.20. The van der Waals surface area contributed by atoms with Crippen molar-refractivity contribution < 1.29 is 22.7 Å². The van der Waals surface area contributed by atoms with Crippen LogP contribution in [0.15, 0.2) is 30.6 Å². The minimum absolute atomic E-state index is 0.0125. The molecule has 3 aromatic heterocycles. The van der Waals surface area contributed by atoms with Gasteiger partial charge in [-0.1, -0.05) is 6.92 Å². The number of aromatic nitrogens is 4. The van der Waals surface area contributed by atoms with Gasteiger partial charge in [-0.3, -0.25) is 9.78 Å². The van der Waals surface area contributed by atoms with Gasteiger partial charge in [-0.15, -0.1) is 0 Å². The maximum Gasteiger partial charge on any atom is 0.433 e. The quantitative estimate of drug-likeness (QED) is 0.553. The summed E-state index contributed by atoms with van der Waals surface area (Å²) in [6.07, 6.45) is -1.22. The van der Waals surface area contributed by atoms with Crippen molar-refractivity contribution in [3.8, 4) is 11.4 Å². The van der Waals surface area contributed by atoms with E-state index in [4.69, 9.17) is 9.72 Å². The Morgan fingerprint density at radius 2 is 1.89 bits per heavy atom. The number of amides is 1. The SMILES string of the molecule is CC[C@@H](Nc1ccnc2c1nc(-c1ccc(C(F)(F)F)nc1)n2CC)C(=O)N1CC(C)OC(C)C1. The number of hydrogen-bond donors (Lipinski definition) is 1. The second-order valence-corrected chi connectivity index (χ2v) is 8.75. The summed E-state index contributed by atoms with van der Waals surface area (Å²) in [4.78, 5) is 27.8. The molecule has 0 radical (unpaired) electrons. The summed E-state index contributed by atoms with van der Waals surface area (Å²) in [6, 6.07) is 3.58. The lowest BCUT2D eigenvalue weighted by atomic mass is 10.1. The van der Waals surface area contributed by atoms with Gasteiger partial charge in [0.1, 0.15) is 23.1 Å². The van der Waals surface area contributed by atoms with Crippen molar-refractivity contribution in [1.82, 2.24) is 24.4 Å². The van der Waals surface area contributed by atoms with E-state index < -0.39 is 17.9 Å². The van der Waals surface area contributed by atoms with Crippen molar-refractivity contribution in [2.24, 2.45) is 0 Å². The van der Waals surface area contributed by atoms with Crippen molar-refractivity contribution >= 4 is 22.8 Å². The zero-order valence-electron chi connectivity index (χ0n) is 20.1. The summed E-state index contributed by atoms with van der Waals surface area (Å²) in [5.74, 6) is 0.447. The Morgan fingerprint density at radius 1 is 1.17 bits per heavy atom. The Bertz CT molecular complexity index is 1180. The molecule has 1 aliphatic heterocycles. The number of rotatable bonds is 6. The van der Waals surface area contributed by atoms with Crippen LogP contribution in [0.25, 0.3) is 22.6 Å². The van der Waals surface area contributed by atoms with Crippen molar-refractivity contribution in [2.75, 3.05) is 18.4 Å². The van der Waals surface area contributed by atoms with E-state index in [2.05, 4.69) is 15.3 Å². The van der Waals surface area contributed by atoms with Gasteiger partial charge in [-0.2, -0.15) is 13.2 Å². The topological polar surface area (TPSA) is 85.2 Å². The molecule has 1 amide bonds. The zero-order chi connectivity index (χ0) is 25.3. The van der Waals surface area contributed by atoms with Crippen molar-refractivity contribution in [3.63, 3.8) is 0 Å². The number of alkyl halides is 3. The molecule has 11 heteroatoms. The smallest absolute Gasteiger partial charge is 0.372 e. The molecule has 3 aromatic rings. The first-order chi connectivity index (χ1) is 16.6. The highest BCUT2D eigenvalue weighted by Crippen LogP contribution is 2.31. The van der Waals surface area contributed by atoms with E-state index in [1.54, 1.807) is 12.3 Å². The van der Waals surface area contributed by atoms with E-state index in [0.29, 0.717) is 54.3 Å². The summed E-state index contributed by atoms with van der Waals surface area (Å²) in [7, 11) is 0. The predicted octanol–water partition coefficient (Wildman–Crippen LogP) is 4.36. The Labute approximate surface area is 201 Å². The maximum atomic E-state index is 13.3. The molecule has 0 bridgehead atoms. The molecule has 35 heavy (non-hydrogen) atoms. The van der Waals surface area contributed by atoms with Gasteiger partial charge in [0, 0.05) is 37.6 Å². The fraction of sp³-hybridized carbons (Fsp3) is 0.500. The molecule has 1 saturated heterocycles. The van der Waals surface area contributed by atoms with E-state index in [-0.39, 0.29) is 18.1 Å². The number of anilines is 1. The fourth-order valence-electron chi connectivity index (χ4n) is 4.45. The largest absolute Gasteiger partial charge is 0.433 e. The number of aryl methyl sites for hydroxylation is 1. The van der Waals surface area contributed by atoms with Crippen LogP contribution < -0.4 is 5.32 Å². The number of carbonyl (C=O) groups is 1. The highest BCUT2D eigenvalue weighted by molar-refractivity contribution is 5.92. The van der Waals surface area contributed by atoms with Crippen molar-refractivity contribution in [3.05, 3.63) is 36.3 Å². The molecule has 4 rings (SSSR count). The minimum atomic E-state index is -4.51. The number of pyridine rings is 2. The second-order valence-electron chi connectivity index (χ2n) is 8.75. The van der Waals surface area contributed by atoms with Crippen molar-refractivity contribution in [1.29, 1.82) is 0 Å². The van der Waals surface area contributed by atoms with Crippen LogP contribution >= 0.6 is 0 Å². The number of fused-ring (bicyclic) bond motifs is 1. The van der Waals surface area contributed by atoms with Gasteiger partial charge in [0.15, 0.2) is 5.65 Å². The molecule has 0 aliphatic carbocycles. The Hall–Kier alpha value is -3.21. The van der Waals surface area contributed by atoms with Crippen LogP contribution in [0, 0.1) is 0 Å². The normalized spacial score (nSPS) is 19.7. The maximum absolute atomic E-state index is 13.3. The number of carbonyl (C=O) groups excluding carboxylic acids is 1. The minimum Gasteiger partial charge on any atom is -0.372 e. The second kappa shape index (κ2) is 9.80. The molecule has 3 atom stereocenters. The first kappa shape index (κ1) is 24.9. The Balaban J connectivity index is 1.66. The number of morpholine rings is 1. The van der Waals surface area contributed by atoms with Gasteiger partial charge in [0.05, 0.1) is 17.9 Å². The van der Waals surface area contributed by atoms with Crippen LogP contribution in [0.3, 0.4) is 0 Å². The van der Waals surface area contributed by atoms with Crippen LogP contribution in [0.4, 0.5) is 18.9 Å². The monoisotopic (exact) mass is 490 g/mol. The van der Waals surface area contributed by atoms with Crippen LogP contribution in [-0.4, -0.2) is 61.7 Å². The Kier molecular flexibility index (Phi) is 6.98. The molecule has 1 fully saturated rings. The van der Waals surface area contributed by atoms with E-state index in [0.717, 1.165) is 6.07 Å². The molecule has 0 saturated carbocycles. The van der Waals surface area contributed by atoms with E-state index in [1.807, 2.05) is 37.2 Å². The number of nitrogens with zero attached hydrogens (tertiary/aromatic N) is 5. The van der Waals surface area contributed by atoms with Crippen LogP contribution in [-0.2, 0) is 22.3 Å². The molecule has 4 heterocycles. The zero-order valence-corrected chi connectivity index (χ0v) is 20.1. The average molecular weight is 491 g/mol. The highest BCUT2D eigenvalue weighted by atomic mass is 19.4. The van der Waals surface area contributed by atoms with Crippen LogP contribution in [0.5, 0.6) is 0 Å². The third-order valence-corrected chi connectivity index (χ3v) is 6.03. The van der Waals surface area contributed by atoms with Gasteiger partial charge in [-0.25, -0.2) is 9.97 Å². The fourth-order valence-corrected chi connectivity index (χ4v) is 4.45. The summed E-state index contributed by atoms with van der Waals surface area (Å²) in [5.41, 5.74) is 1.24. The van der Waals surface area contributed by atoms with Crippen LogP contribution in [0.2, 0.25) is 0 Å². The molecule has 0 aromatic carbocycles. The molecular formula is C24H29F3N6O2. The highest BCUT2D eigenvalue weighted by Gasteiger charge is 2.33. The standard InChI is InChI=1S/C24H29F3N6O2/c1-5-17(23(34)32-12-14(3)35-15(4)13-32)30-18-9-10-28-22-20(18)31-21(33(22)6-2)16-7-8-19(29-11-16)24(25,26)27/h7-11,14-15,17H,5-6,12-13H2,1-4H3,(H,28,30)/t14?,15?,17-/m1/s1. The molecule has 1 N–H and O–H groups in total. The summed E-state index contributed by atoms with van der Waals surface area (Å²) >= 11 is 0. The molecule has 188 valence electrons. The van der Waals surface area contributed by atoms with Gasteiger partial charge in [0.25, 0.3) is 0 Å². The van der Waals surface area contributed by atoms with Gasteiger partial charge in [-0.05, 0) is 45.4 Å². The van der Waals surface area contributed by atoms with E-state index in [9.17, 15) is 18.0 Å². The van der Waals surface area contributed by atoms with Gasteiger partial charge >= 0.3 is 6.18 Å². The van der Waals surface area contributed by atoms with Gasteiger partial charge in [0.2, 0.25) is 5.91 Å². The first-order valence-electron chi connectivity index (χ1n) is 11.7. The number of halogens is 3. The third-order valence-electron chi connectivity index (χ3n) is 6.03. The van der Waals surface area contributed by atoms with Gasteiger partial charge < -0.3 is 19.5 Å². The lowest BCUT2D eigenvalue weighted by Crippen LogP contribution is -2.52. The van der Waals surface area contributed by atoms with Crippen molar-refractivity contribution in [2.45, 2.75) is 65.1 Å². The summed E-state index contributed by atoms with van der Waals surface area (Å²) < 4.78 is 46.4. The molecular weight excluding hydrogens is 461 g/mol. The molecule has 2 unspecified atom stereocenters. The number of nitrogens with one attached hydrogen (secondary N) is 1. The molecule has 8 nitrogen and oxygen atoms in total. The van der Waals surface area contributed by atoms with Crippen LogP contribution in [0.1, 0.15) is 39.8 Å².